The summed E-state index contributed by atoms with van der Waals surface area (Å²) in [4.78, 5) is 19.5. The van der Waals surface area contributed by atoms with Gasteiger partial charge in [0, 0.05) is 47.3 Å². The Morgan fingerprint density at radius 1 is 1.27 bits per heavy atom. The van der Waals surface area contributed by atoms with Crippen LogP contribution in [0.25, 0.3) is 10.9 Å². The van der Waals surface area contributed by atoms with Crippen molar-refractivity contribution in [1.82, 2.24) is 9.97 Å². The van der Waals surface area contributed by atoms with Gasteiger partial charge in [0.2, 0.25) is 0 Å². The van der Waals surface area contributed by atoms with E-state index in [9.17, 15) is 9.90 Å². The van der Waals surface area contributed by atoms with Crippen molar-refractivity contribution in [1.29, 1.82) is 0 Å². The molecule has 3 unspecified atom stereocenters. The first-order valence-corrected chi connectivity index (χ1v) is 9.13. The number of carboxylic acids is 1. The average molecular weight is 347 g/mol. The van der Waals surface area contributed by atoms with Gasteiger partial charge in [0.1, 0.15) is 12.1 Å². The van der Waals surface area contributed by atoms with Crippen LogP contribution in [0.2, 0.25) is 0 Å². The zero-order valence-corrected chi connectivity index (χ0v) is 15.0. The maximum absolute atomic E-state index is 11.6. The molecule has 26 heavy (non-hydrogen) atoms. The topological polar surface area (TPSA) is 68.8 Å². The molecule has 4 heterocycles. The maximum atomic E-state index is 11.6. The van der Waals surface area contributed by atoms with Gasteiger partial charge in [0.15, 0.2) is 0 Å². The third kappa shape index (κ3) is 1.89. The first kappa shape index (κ1) is 15.6. The zero-order valence-electron chi connectivity index (χ0n) is 15.0. The highest BCUT2D eigenvalue weighted by Gasteiger charge is 2.49. The number of rotatable bonds is 1. The van der Waals surface area contributed by atoms with Gasteiger partial charge in [-0.1, -0.05) is 18.2 Å². The smallest absolute Gasteiger partial charge is 0.134 e. The number of fused-ring (bicyclic) bond motifs is 6. The number of benzene rings is 1. The van der Waals surface area contributed by atoms with Crippen LogP contribution in [0, 0.1) is 0 Å². The minimum atomic E-state index is -1.13. The van der Waals surface area contributed by atoms with Crippen LogP contribution < -0.4 is 5.11 Å². The molecule has 5 nitrogen and oxygen atoms in total. The number of quaternary nitrogens is 1. The standard InChI is InChI=1S/C21H21N3O2/c1-12-16-10-22-11-17(21(25)26)15(16)9-19-20-14(7-8-24(12,19)2)13-5-3-4-6-18(13)23-20/h3-6,10-12,19,23H,7-9H2,1-2H3. The van der Waals surface area contributed by atoms with Crippen molar-refractivity contribution < 1.29 is 14.4 Å². The summed E-state index contributed by atoms with van der Waals surface area (Å²) in [5, 5.41) is 12.9. The summed E-state index contributed by atoms with van der Waals surface area (Å²) >= 11 is 0. The fraction of sp³-hybridized carbons (Fsp3) is 0.333. The number of aromatic nitrogens is 2. The molecule has 0 saturated carbocycles. The molecule has 132 valence electrons. The number of likely N-dealkylation sites (N-methyl/N-ethyl adjacent to an activating group) is 1. The molecule has 3 atom stereocenters. The fourth-order valence-corrected chi connectivity index (χ4v) is 5.13. The van der Waals surface area contributed by atoms with Crippen LogP contribution in [-0.2, 0) is 12.8 Å². The molecular weight excluding hydrogens is 326 g/mol. The van der Waals surface area contributed by atoms with E-state index in [2.05, 4.69) is 48.2 Å². The van der Waals surface area contributed by atoms with Crippen LogP contribution >= 0.6 is 0 Å². The van der Waals surface area contributed by atoms with E-state index < -0.39 is 5.97 Å². The lowest BCUT2D eigenvalue weighted by Gasteiger charge is -2.52. The minimum absolute atomic E-state index is 0.190. The van der Waals surface area contributed by atoms with Crippen molar-refractivity contribution in [3.63, 3.8) is 0 Å². The predicted molar refractivity (Wildman–Crippen MR) is 96.5 cm³/mol. The van der Waals surface area contributed by atoms with Gasteiger partial charge in [-0.25, -0.2) is 0 Å². The second-order valence-corrected chi connectivity index (χ2v) is 7.82. The molecule has 0 bridgehead atoms. The summed E-state index contributed by atoms with van der Waals surface area (Å²) in [6, 6.07) is 8.84. The van der Waals surface area contributed by atoms with E-state index >= 15 is 0 Å². The Morgan fingerprint density at radius 3 is 2.88 bits per heavy atom. The largest absolute Gasteiger partial charge is 0.545 e. The number of pyridine rings is 1. The van der Waals surface area contributed by atoms with Crippen molar-refractivity contribution in [2.45, 2.75) is 31.8 Å². The molecule has 1 N–H and O–H groups in total. The van der Waals surface area contributed by atoms with E-state index in [0.29, 0.717) is 6.42 Å². The highest BCUT2D eigenvalue weighted by atomic mass is 16.4. The Bertz CT molecular complexity index is 1050. The Morgan fingerprint density at radius 2 is 2.08 bits per heavy atom. The Hall–Kier alpha value is -2.66. The lowest BCUT2D eigenvalue weighted by Crippen LogP contribution is -2.56. The molecule has 0 aliphatic carbocycles. The molecule has 0 radical (unpaired) electrons. The summed E-state index contributed by atoms with van der Waals surface area (Å²) in [5.74, 6) is -1.13. The van der Waals surface area contributed by atoms with Crippen molar-refractivity contribution in [3.05, 3.63) is 64.6 Å². The van der Waals surface area contributed by atoms with E-state index in [-0.39, 0.29) is 17.6 Å². The molecule has 2 aromatic heterocycles. The summed E-state index contributed by atoms with van der Waals surface area (Å²) in [7, 11) is 2.29. The monoisotopic (exact) mass is 347 g/mol. The first-order chi connectivity index (χ1) is 12.5. The lowest BCUT2D eigenvalue weighted by atomic mass is 9.80. The Labute approximate surface area is 151 Å². The van der Waals surface area contributed by atoms with Gasteiger partial charge in [-0.3, -0.25) is 4.98 Å². The summed E-state index contributed by atoms with van der Waals surface area (Å²) in [6.07, 6.45) is 5.00. The summed E-state index contributed by atoms with van der Waals surface area (Å²) in [6.45, 7) is 3.23. The second-order valence-electron chi connectivity index (χ2n) is 7.82. The van der Waals surface area contributed by atoms with E-state index in [0.717, 1.165) is 28.6 Å². The fourth-order valence-electron chi connectivity index (χ4n) is 5.13. The van der Waals surface area contributed by atoms with Gasteiger partial charge in [0.05, 0.1) is 25.3 Å². The Balaban J connectivity index is 1.74. The van der Waals surface area contributed by atoms with Gasteiger partial charge in [0.25, 0.3) is 0 Å². The van der Waals surface area contributed by atoms with Gasteiger partial charge in [-0.15, -0.1) is 0 Å². The van der Waals surface area contributed by atoms with Crippen molar-refractivity contribution in [2.75, 3.05) is 13.6 Å². The lowest BCUT2D eigenvalue weighted by molar-refractivity contribution is -0.970. The quantitative estimate of drug-likeness (QED) is 0.687. The molecule has 0 saturated heterocycles. The number of hydrogen-bond donors (Lipinski definition) is 1. The van der Waals surface area contributed by atoms with Crippen LogP contribution in [0.5, 0.6) is 0 Å². The van der Waals surface area contributed by atoms with Crippen LogP contribution in [0.3, 0.4) is 0 Å². The van der Waals surface area contributed by atoms with E-state index in [1.54, 1.807) is 0 Å². The van der Waals surface area contributed by atoms with Crippen LogP contribution in [0.1, 0.15) is 51.7 Å². The third-order valence-electron chi connectivity index (χ3n) is 6.78. The predicted octanol–water partition coefficient (Wildman–Crippen LogP) is 2.29. The van der Waals surface area contributed by atoms with Gasteiger partial charge >= 0.3 is 0 Å². The van der Waals surface area contributed by atoms with Crippen molar-refractivity contribution >= 4 is 16.9 Å². The molecule has 1 aromatic carbocycles. The first-order valence-electron chi connectivity index (χ1n) is 9.13. The molecule has 0 amide bonds. The van der Waals surface area contributed by atoms with E-state index in [4.69, 9.17) is 0 Å². The molecule has 3 aromatic rings. The van der Waals surface area contributed by atoms with E-state index in [1.807, 2.05) is 6.20 Å². The number of para-hydroxylation sites is 1. The van der Waals surface area contributed by atoms with Gasteiger partial charge in [-0.05, 0) is 24.1 Å². The highest BCUT2D eigenvalue weighted by Crippen LogP contribution is 2.49. The molecule has 5 heteroatoms. The van der Waals surface area contributed by atoms with Crippen molar-refractivity contribution in [3.8, 4) is 0 Å². The molecule has 0 fully saturated rings. The molecular formula is C21H21N3O2. The summed E-state index contributed by atoms with van der Waals surface area (Å²) < 4.78 is 0.880. The van der Waals surface area contributed by atoms with Crippen LogP contribution in [0.4, 0.5) is 0 Å². The van der Waals surface area contributed by atoms with E-state index in [1.165, 1.54) is 28.4 Å². The number of aromatic carboxylic acids is 1. The average Bonchev–Trinajstić information content (AvgIpc) is 3.01. The number of H-pyrrole nitrogens is 1. The molecule has 2 aliphatic heterocycles. The van der Waals surface area contributed by atoms with Crippen LogP contribution in [-0.4, -0.2) is 34.0 Å². The maximum Gasteiger partial charge on any atom is 0.134 e. The number of carbonyl (C=O) groups excluding carboxylic acids is 1. The van der Waals surface area contributed by atoms with Gasteiger partial charge in [-0.2, -0.15) is 0 Å². The minimum Gasteiger partial charge on any atom is -0.545 e. The molecule has 0 spiro atoms. The highest BCUT2D eigenvalue weighted by molar-refractivity contribution is 5.88. The zero-order chi connectivity index (χ0) is 18.1. The number of nitrogens with zero attached hydrogens (tertiary/aromatic N) is 2. The number of carbonyl (C=O) groups is 1. The number of hydrogen-bond acceptors (Lipinski definition) is 3. The number of carboxylic acid groups (broad SMARTS) is 1. The third-order valence-corrected chi connectivity index (χ3v) is 6.78. The van der Waals surface area contributed by atoms with Crippen LogP contribution in [0.15, 0.2) is 36.7 Å². The SMILES string of the molecule is CC1c2cncc(C(=O)[O-])c2CC2c3[nH]c4ccccc4c3CC[N+]12C. The second kappa shape index (κ2) is 5.17. The Kier molecular flexibility index (Phi) is 3.10. The molecule has 2 aliphatic rings. The normalized spacial score (nSPS) is 26.8. The number of nitrogens with one attached hydrogen (secondary N) is 1. The van der Waals surface area contributed by atoms with Gasteiger partial charge < -0.3 is 19.4 Å². The summed E-state index contributed by atoms with van der Waals surface area (Å²) in [5.41, 5.74) is 5.99. The number of aromatic amines is 1. The molecule has 5 rings (SSSR count). The van der Waals surface area contributed by atoms with Crippen molar-refractivity contribution in [2.24, 2.45) is 0 Å².